The molecule has 6 heteroatoms. The van der Waals surface area contributed by atoms with Gasteiger partial charge in [0.1, 0.15) is 19.0 Å². The van der Waals surface area contributed by atoms with Crippen molar-refractivity contribution in [3.8, 4) is 5.75 Å². The highest BCUT2D eigenvalue weighted by Gasteiger charge is 2.08. The lowest BCUT2D eigenvalue weighted by molar-refractivity contribution is 0.0487. The second kappa shape index (κ2) is 7.92. The lowest BCUT2D eigenvalue weighted by Crippen LogP contribution is -2.12. The smallest absolute Gasteiger partial charge is 0.338 e. The molecule has 0 N–H and O–H groups in total. The number of carbonyl (C=O) groups excluding carboxylic acids is 1. The number of nitrogens with zero attached hydrogens (tertiary/aromatic N) is 3. The van der Waals surface area contributed by atoms with Gasteiger partial charge in [-0.2, -0.15) is 5.10 Å². The van der Waals surface area contributed by atoms with Crippen molar-refractivity contribution in [2.24, 2.45) is 0 Å². The number of aromatic nitrogens is 3. The van der Waals surface area contributed by atoms with Crippen LogP contribution >= 0.6 is 0 Å². The van der Waals surface area contributed by atoms with Crippen LogP contribution < -0.4 is 4.74 Å². The fourth-order valence-corrected chi connectivity index (χ4v) is 2.11. The predicted octanol–water partition coefficient (Wildman–Crippen LogP) is 2.71. The van der Waals surface area contributed by atoms with Gasteiger partial charge in [-0.1, -0.05) is 12.1 Å². The molecule has 24 heavy (non-hydrogen) atoms. The molecule has 0 bridgehead atoms. The molecular formula is C18H17N3O3. The zero-order valence-electron chi connectivity index (χ0n) is 13.0. The van der Waals surface area contributed by atoms with E-state index < -0.39 is 0 Å². The Morgan fingerprint density at radius 3 is 2.88 bits per heavy atom. The summed E-state index contributed by atoms with van der Waals surface area (Å²) in [7, 11) is 0. The molecule has 3 rings (SSSR count). The standard InChI is InChI=1S/C18H17N3O3/c22-18(23-11-10-21-9-3-8-20-21)16-5-1-6-17(12-16)24-14-15-4-2-7-19-13-15/h1-9,12-13H,10-11,14H2. The van der Waals surface area contributed by atoms with Crippen molar-refractivity contribution in [1.29, 1.82) is 0 Å². The third kappa shape index (κ3) is 4.42. The summed E-state index contributed by atoms with van der Waals surface area (Å²) in [6, 6.07) is 12.6. The van der Waals surface area contributed by atoms with Crippen molar-refractivity contribution < 1.29 is 14.3 Å². The average molecular weight is 323 g/mol. The van der Waals surface area contributed by atoms with E-state index in [0.717, 1.165) is 5.56 Å². The first-order valence-electron chi connectivity index (χ1n) is 7.57. The molecule has 122 valence electrons. The van der Waals surface area contributed by atoms with Crippen LogP contribution in [0.3, 0.4) is 0 Å². The number of benzene rings is 1. The van der Waals surface area contributed by atoms with E-state index in [2.05, 4.69) is 10.1 Å². The lowest BCUT2D eigenvalue weighted by Gasteiger charge is -2.08. The van der Waals surface area contributed by atoms with Gasteiger partial charge in [-0.15, -0.1) is 0 Å². The van der Waals surface area contributed by atoms with E-state index in [0.29, 0.717) is 24.5 Å². The molecule has 0 saturated heterocycles. The minimum atomic E-state index is -0.381. The molecule has 0 aliphatic heterocycles. The van der Waals surface area contributed by atoms with Gasteiger partial charge >= 0.3 is 5.97 Å². The molecular weight excluding hydrogens is 306 g/mol. The third-order valence-electron chi connectivity index (χ3n) is 3.31. The third-order valence-corrected chi connectivity index (χ3v) is 3.31. The van der Waals surface area contributed by atoms with Gasteiger partial charge in [0.2, 0.25) is 0 Å². The Kier molecular flexibility index (Phi) is 5.19. The Bertz CT molecular complexity index is 773. The van der Waals surface area contributed by atoms with Crippen molar-refractivity contribution in [3.05, 3.63) is 78.4 Å². The Morgan fingerprint density at radius 2 is 2.08 bits per heavy atom. The predicted molar refractivity (Wildman–Crippen MR) is 87.5 cm³/mol. The molecule has 3 aromatic rings. The first-order valence-corrected chi connectivity index (χ1v) is 7.57. The van der Waals surface area contributed by atoms with Crippen LogP contribution in [0, 0.1) is 0 Å². The summed E-state index contributed by atoms with van der Waals surface area (Å²) in [5.41, 5.74) is 1.42. The highest BCUT2D eigenvalue weighted by atomic mass is 16.5. The minimum absolute atomic E-state index is 0.265. The van der Waals surface area contributed by atoms with Crippen molar-refractivity contribution >= 4 is 5.97 Å². The fourth-order valence-electron chi connectivity index (χ4n) is 2.11. The highest BCUT2D eigenvalue weighted by molar-refractivity contribution is 5.89. The molecule has 0 aliphatic carbocycles. The summed E-state index contributed by atoms with van der Waals surface area (Å²) < 4.78 is 12.6. The Morgan fingerprint density at radius 1 is 1.12 bits per heavy atom. The van der Waals surface area contributed by atoms with Crippen molar-refractivity contribution in [2.75, 3.05) is 6.61 Å². The van der Waals surface area contributed by atoms with E-state index in [1.54, 1.807) is 47.5 Å². The molecule has 0 radical (unpaired) electrons. The van der Waals surface area contributed by atoms with E-state index >= 15 is 0 Å². The molecule has 0 amide bonds. The molecule has 2 aromatic heterocycles. The molecule has 2 heterocycles. The van der Waals surface area contributed by atoms with E-state index in [1.807, 2.05) is 24.4 Å². The summed E-state index contributed by atoms with van der Waals surface area (Å²) in [5.74, 6) is 0.231. The van der Waals surface area contributed by atoms with Gasteiger partial charge in [0.05, 0.1) is 12.1 Å². The van der Waals surface area contributed by atoms with Crippen LogP contribution in [0.2, 0.25) is 0 Å². The van der Waals surface area contributed by atoms with Gasteiger partial charge < -0.3 is 9.47 Å². The molecule has 0 spiro atoms. The van der Waals surface area contributed by atoms with Crippen molar-refractivity contribution in [2.45, 2.75) is 13.2 Å². The number of pyridine rings is 1. The lowest BCUT2D eigenvalue weighted by atomic mass is 10.2. The topological polar surface area (TPSA) is 66.2 Å². The van der Waals surface area contributed by atoms with Crippen LogP contribution in [0.25, 0.3) is 0 Å². The van der Waals surface area contributed by atoms with Gasteiger partial charge in [-0.3, -0.25) is 9.67 Å². The molecule has 1 aromatic carbocycles. The normalized spacial score (nSPS) is 10.3. The van der Waals surface area contributed by atoms with Gasteiger partial charge in [0.25, 0.3) is 0 Å². The van der Waals surface area contributed by atoms with Crippen LogP contribution in [0.4, 0.5) is 0 Å². The number of carbonyl (C=O) groups is 1. The summed E-state index contributed by atoms with van der Waals surface area (Å²) >= 11 is 0. The SMILES string of the molecule is O=C(OCCn1cccn1)c1cccc(OCc2cccnc2)c1. The quantitative estimate of drug-likeness (QED) is 0.626. The van der Waals surface area contributed by atoms with E-state index in [-0.39, 0.29) is 12.6 Å². The monoisotopic (exact) mass is 323 g/mol. The van der Waals surface area contributed by atoms with Crippen LogP contribution in [-0.4, -0.2) is 27.3 Å². The van der Waals surface area contributed by atoms with E-state index in [4.69, 9.17) is 9.47 Å². The fraction of sp³-hybridized carbons (Fsp3) is 0.167. The van der Waals surface area contributed by atoms with Crippen LogP contribution in [-0.2, 0) is 17.9 Å². The molecule has 0 fully saturated rings. The van der Waals surface area contributed by atoms with Crippen LogP contribution in [0.15, 0.2) is 67.3 Å². The average Bonchev–Trinajstić information content (AvgIpc) is 3.14. The van der Waals surface area contributed by atoms with Crippen LogP contribution in [0.1, 0.15) is 15.9 Å². The molecule has 0 atom stereocenters. The summed E-state index contributed by atoms with van der Waals surface area (Å²) in [5, 5.41) is 4.05. The second-order valence-electron chi connectivity index (χ2n) is 5.08. The molecule has 0 aliphatic rings. The first kappa shape index (κ1) is 15.7. The summed E-state index contributed by atoms with van der Waals surface area (Å²) in [4.78, 5) is 16.1. The van der Waals surface area contributed by atoms with Crippen molar-refractivity contribution in [3.63, 3.8) is 0 Å². The Labute approximate surface area is 139 Å². The Balaban J connectivity index is 1.53. The van der Waals surface area contributed by atoms with Crippen molar-refractivity contribution in [1.82, 2.24) is 14.8 Å². The number of hydrogen-bond donors (Lipinski definition) is 0. The van der Waals surface area contributed by atoms with Gasteiger partial charge in [-0.05, 0) is 30.3 Å². The van der Waals surface area contributed by atoms with Crippen LogP contribution in [0.5, 0.6) is 5.75 Å². The number of hydrogen-bond acceptors (Lipinski definition) is 5. The highest BCUT2D eigenvalue weighted by Crippen LogP contribution is 2.15. The Hall–Kier alpha value is -3.15. The van der Waals surface area contributed by atoms with Gasteiger partial charge in [0, 0.05) is 30.4 Å². The second-order valence-corrected chi connectivity index (χ2v) is 5.08. The maximum absolute atomic E-state index is 12.1. The van der Waals surface area contributed by atoms with E-state index in [9.17, 15) is 4.79 Å². The molecule has 0 saturated carbocycles. The molecule has 0 unspecified atom stereocenters. The summed E-state index contributed by atoms with van der Waals surface area (Å²) in [6.07, 6.45) is 6.96. The van der Waals surface area contributed by atoms with E-state index in [1.165, 1.54) is 0 Å². The minimum Gasteiger partial charge on any atom is -0.489 e. The summed E-state index contributed by atoms with van der Waals surface area (Å²) in [6.45, 7) is 1.18. The zero-order valence-corrected chi connectivity index (χ0v) is 13.0. The van der Waals surface area contributed by atoms with Gasteiger partial charge in [0.15, 0.2) is 0 Å². The van der Waals surface area contributed by atoms with Gasteiger partial charge in [-0.25, -0.2) is 4.79 Å². The zero-order chi connectivity index (χ0) is 16.6. The maximum Gasteiger partial charge on any atom is 0.338 e. The largest absolute Gasteiger partial charge is 0.489 e. The first-order chi connectivity index (χ1) is 11.8. The maximum atomic E-state index is 12.1. The molecule has 6 nitrogen and oxygen atoms in total. The number of rotatable bonds is 7. The number of ether oxygens (including phenoxy) is 2. The number of esters is 1.